The molecule has 0 aliphatic carbocycles. The number of aryl methyl sites for hydroxylation is 1. The number of azo groups is 1. The molecule has 0 bridgehead atoms. The van der Waals surface area contributed by atoms with Gasteiger partial charge in [0.15, 0.2) is 0 Å². The summed E-state index contributed by atoms with van der Waals surface area (Å²) in [4.78, 5) is 1.12. The summed E-state index contributed by atoms with van der Waals surface area (Å²) in [6.45, 7) is 2.00. The highest BCUT2D eigenvalue weighted by molar-refractivity contribution is 7.19. The fourth-order valence-corrected chi connectivity index (χ4v) is 2.74. The molecule has 6 heteroatoms. The molecule has 0 aliphatic heterocycles. The minimum Gasteiger partial charge on any atom is -0.507 e. The van der Waals surface area contributed by atoms with Crippen molar-refractivity contribution in [1.82, 2.24) is 10.2 Å². The standard InChI is InChI=1S/C13H10N4OS/c1-8-6-10-12(18)3-2-11(13(10)19-8)17-16-9-4-5-14-15-7-9/h2-7,18H,1H3. The number of aromatic hydroxyl groups is 1. The van der Waals surface area contributed by atoms with Gasteiger partial charge in [-0.05, 0) is 31.2 Å². The van der Waals surface area contributed by atoms with E-state index in [9.17, 15) is 5.11 Å². The van der Waals surface area contributed by atoms with Crippen LogP contribution >= 0.6 is 11.3 Å². The van der Waals surface area contributed by atoms with Crippen molar-refractivity contribution in [1.29, 1.82) is 0 Å². The van der Waals surface area contributed by atoms with E-state index in [4.69, 9.17) is 0 Å². The van der Waals surface area contributed by atoms with Crippen LogP contribution < -0.4 is 0 Å². The Bertz CT molecular complexity index is 752. The van der Waals surface area contributed by atoms with Crippen molar-refractivity contribution in [3.8, 4) is 5.75 Å². The minimum absolute atomic E-state index is 0.267. The van der Waals surface area contributed by atoms with Gasteiger partial charge in [-0.1, -0.05) is 0 Å². The van der Waals surface area contributed by atoms with Crippen LogP contribution in [0.25, 0.3) is 10.1 Å². The Morgan fingerprint density at radius 3 is 2.84 bits per heavy atom. The van der Waals surface area contributed by atoms with E-state index in [-0.39, 0.29) is 5.75 Å². The average molecular weight is 270 g/mol. The number of thiophene rings is 1. The molecule has 0 aliphatic rings. The molecule has 0 saturated heterocycles. The van der Waals surface area contributed by atoms with Gasteiger partial charge in [-0.25, -0.2) is 0 Å². The number of aromatic nitrogens is 2. The Balaban J connectivity index is 2.06. The third-order valence-electron chi connectivity index (χ3n) is 2.60. The lowest BCUT2D eigenvalue weighted by molar-refractivity contribution is 0.482. The van der Waals surface area contributed by atoms with Crippen LogP contribution in [-0.4, -0.2) is 15.3 Å². The summed E-state index contributed by atoms with van der Waals surface area (Å²) in [5.74, 6) is 0.267. The number of hydrogen-bond acceptors (Lipinski definition) is 6. The molecule has 0 spiro atoms. The first kappa shape index (κ1) is 11.7. The first-order valence-corrected chi connectivity index (χ1v) is 6.46. The molecule has 94 valence electrons. The fourth-order valence-electron chi connectivity index (χ4n) is 1.75. The zero-order chi connectivity index (χ0) is 13.2. The minimum atomic E-state index is 0.267. The second-order valence-corrected chi connectivity index (χ2v) is 5.26. The Kier molecular flexibility index (Phi) is 2.92. The normalized spacial score (nSPS) is 11.4. The molecule has 0 radical (unpaired) electrons. The fraction of sp³-hybridized carbons (Fsp3) is 0.0769. The van der Waals surface area contributed by atoms with Crippen LogP contribution in [0.5, 0.6) is 5.75 Å². The Morgan fingerprint density at radius 1 is 1.16 bits per heavy atom. The lowest BCUT2D eigenvalue weighted by atomic mass is 10.2. The molecule has 5 nitrogen and oxygen atoms in total. The van der Waals surface area contributed by atoms with E-state index in [2.05, 4.69) is 20.4 Å². The van der Waals surface area contributed by atoms with E-state index in [0.29, 0.717) is 5.69 Å². The highest BCUT2D eigenvalue weighted by atomic mass is 32.1. The number of fused-ring (bicyclic) bond motifs is 1. The predicted octanol–water partition coefficient (Wildman–Crippen LogP) is 4.12. The van der Waals surface area contributed by atoms with Crippen molar-refractivity contribution >= 4 is 32.8 Å². The van der Waals surface area contributed by atoms with Crippen LogP contribution in [0.4, 0.5) is 11.4 Å². The number of phenols is 1. The summed E-state index contributed by atoms with van der Waals surface area (Å²) in [7, 11) is 0. The first-order valence-electron chi connectivity index (χ1n) is 5.64. The van der Waals surface area contributed by atoms with Gasteiger partial charge in [-0.15, -0.1) is 21.6 Å². The van der Waals surface area contributed by atoms with Crippen LogP contribution in [0, 0.1) is 6.92 Å². The van der Waals surface area contributed by atoms with Gasteiger partial charge < -0.3 is 5.11 Å². The van der Waals surface area contributed by atoms with Gasteiger partial charge in [-0.2, -0.15) is 10.2 Å². The Morgan fingerprint density at radius 2 is 2.05 bits per heavy atom. The number of phenolic OH excluding ortho intramolecular Hbond substituents is 1. The van der Waals surface area contributed by atoms with Crippen molar-refractivity contribution in [2.24, 2.45) is 10.2 Å². The molecule has 3 aromatic rings. The van der Waals surface area contributed by atoms with Crippen molar-refractivity contribution in [2.45, 2.75) is 6.92 Å². The molecule has 1 N–H and O–H groups in total. The molecule has 0 fully saturated rings. The highest BCUT2D eigenvalue weighted by Gasteiger charge is 2.08. The van der Waals surface area contributed by atoms with Gasteiger partial charge >= 0.3 is 0 Å². The Labute approximate surface area is 113 Å². The van der Waals surface area contributed by atoms with Crippen LogP contribution in [0.2, 0.25) is 0 Å². The monoisotopic (exact) mass is 270 g/mol. The van der Waals surface area contributed by atoms with E-state index >= 15 is 0 Å². The van der Waals surface area contributed by atoms with Gasteiger partial charge in [0.25, 0.3) is 0 Å². The topological polar surface area (TPSA) is 70.7 Å². The average Bonchev–Trinajstić information content (AvgIpc) is 2.82. The van der Waals surface area contributed by atoms with Crippen molar-refractivity contribution in [3.05, 3.63) is 41.5 Å². The van der Waals surface area contributed by atoms with Gasteiger partial charge in [-0.3, -0.25) is 0 Å². The van der Waals surface area contributed by atoms with Crippen LogP contribution in [-0.2, 0) is 0 Å². The summed E-state index contributed by atoms with van der Waals surface area (Å²) in [5, 5.41) is 26.4. The first-order chi connectivity index (χ1) is 9.24. The summed E-state index contributed by atoms with van der Waals surface area (Å²) in [6, 6.07) is 7.06. The van der Waals surface area contributed by atoms with E-state index in [0.717, 1.165) is 20.7 Å². The molecule has 0 saturated carbocycles. The van der Waals surface area contributed by atoms with Crippen LogP contribution in [0.15, 0.2) is 46.9 Å². The van der Waals surface area contributed by atoms with Crippen LogP contribution in [0.1, 0.15) is 4.88 Å². The van der Waals surface area contributed by atoms with Gasteiger partial charge in [0.2, 0.25) is 0 Å². The number of benzene rings is 1. The molecule has 0 amide bonds. The van der Waals surface area contributed by atoms with Gasteiger partial charge in [0, 0.05) is 10.3 Å². The summed E-state index contributed by atoms with van der Waals surface area (Å²) in [5.41, 5.74) is 1.38. The SMILES string of the molecule is Cc1cc2c(O)ccc(N=Nc3ccnnc3)c2s1. The summed E-state index contributed by atoms with van der Waals surface area (Å²) < 4.78 is 0.934. The number of nitrogens with zero attached hydrogens (tertiary/aromatic N) is 4. The molecular formula is C13H10N4OS. The maximum atomic E-state index is 9.81. The second-order valence-electron chi connectivity index (χ2n) is 4.00. The van der Waals surface area contributed by atoms with Gasteiger partial charge in [0.1, 0.15) is 17.1 Å². The lowest BCUT2D eigenvalue weighted by Crippen LogP contribution is -1.74. The summed E-state index contributed by atoms with van der Waals surface area (Å²) in [6.07, 6.45) is 3.11. The third kappa shape index (κ3) is 2.30. The largest absolute Gasteiger partial charge is 0.507 e. The van der Waals surface area contributed by atoms with E-state index in [1.807, 2.05) is 13.0 Å². The van der Waals surface area contributed by atoms with Crippen molar-refractivity contribution in [3.63, 3.8) is 0 Å². The quantitative estimate of drug-likeness (QED) is 0.712. The molecule has 2 aromatic heterocycles. The van der Waals surface area contributed by atoms with E-state index in [1.54, 1.807) is 41.9 Å². The zero-order valence-corrected chi connectivity index (χ0v) is 10.9. The predicted molar refractivity (Wildman–Crippen MR) is 74.4 cm³/mol. The van der Waals surface area contributed by atoms with E-state index < -0.39 is 0 Å². The molecule has 1 aromatic carbocycles. The molecule has 3 rings (SSSR count). The Hall–Kier alpha value is -2.34. The van der Waals surface area contributed by atoms with E-state index in [1.165, 1.54) is 0 Å². The molecule has 2 heterocycles. The molecule has 19 heavy (non-hydrogen) atoms. The molecule has 0 unspecified atom stereocenters. The smallest absolute Gasteiger partial charge is 0.124 e. The van der Waals surface area contributed by atoms with Crippen molar-refractivity contribution < 1.29 is 5.11 Å². The summed E-state index contributed by atoms with van der Waals surface area (Å²) >= 11 is 1.59. The maximum Gasteiger partial charge on any atom is 0.124 e. The number of rotatable bonds is 2. The molecule has 0 atom stereocenters. The lowest BCUT2D eigenvalue weighted by Gasteiger charge is -1.97. The van der Waals surface area contributed by atoms with Crippen molar-refractivity contribution in [2.75, 3.05) is 0 Å². The van der Waals surface area contributed by atoms with Crippen LogP contribution in [0.3, 0.4) is 0 Å². The highest BCUT2D eigenvalue weighted by Crippen LogP contribution is 2.39. The maximum absolute atomic E-state index is 9.81. The zero-order valence-electron chi connectivity index (χ0n) is 10.1. The number of hydrogen-bond donors (Lipinski definition) is 1. The second kappa shape index (κ2) is 4.74. The third-order valence-corrected chi connectivity index (χ3v) is 3.68. The molecular weight excluding hydrogens is 260 g/mol. The van der Waals surface area contributed by atoms with Gasteiger partial charge in [0.05, 0.1) is 17.1 Å².